The fourth-order valence-electron chi connectivity index (χ4n) is 0.701. The van der Waals surface area contributed by atoms with Crippen molar-refractivity contribution in [3.05, 3.63) is 12.7 Å². The van der Waals surface area contributed by atoms with E-state index >= 15 is 0 Å². The molecule has 0 aromatic heterocycles. The summed E-state index contributed by atoms with van der Waals surface area (Å²) in [5.41, 5.74) is -0.811. The second-order valence-corrected chi connectivity index (χ2v) is 2.83. The van der Waals surface area contributed by atoms with Gasteiger partial charge in [0.25, 0.3) is 0 Å². The van der Waals surface area contributed by atoms with Gasteiger partial charge in [0.15, 0.2) is 0 Å². The molecule has 0 aliphatic heterocycles. The molecule has 0 rings (SSSR count). The van der Waals surface area contributed by atoms with Crippen LogP contribution in [-0.4, -0.2) is 5.78 Å². The van der Waals surface area contributed by atoms with Gasteiger partial charge in [-0.2, -0.15) is 5.26 Å². The molecule has 11 heavy (non-hydrogen) atoms. The molecule has 0 aromatic rings. The summed E-state index contributed by atoms with van der Waals surface area (Å²) >= 11 is 0. The second-order valence-electron chi connectivity index (χ2n) is 2.83. The largest absolute Gasteiger partial charge is 0.298 e. The van der Waals surface area contributed by atoms with Crippen LogP contribution in [0.1, 0.15) is 26.7 Å². The molecule has 0 aliphatic rings. The number of hydrogen-bond acceptors (Lipinski definition) is 2. The first-order chi connectivity index (χ1) is 5.06. The van der Waals surface area contributed by atoms with Crippen LogP contribution in [0.5, 0.6) is 0 Å². The van der Waals surface area contributed by atoms with E-state index in [0.717, 1.165) is 0 Å². The van der Waals surface area contributed by atoms with E-state index in [4.69, 9.17) is 5.26 Å². The summed E-state index contributed by atoms with van der Waals surface area (Å²) in [5.74, 6) is -0.0677. The van der Waals surface area contributed by atoms with E-state index in [1.807, 2.05) is 6.07 Å². The van der Waals surface area contributed by atoms with E-state index in [9.17, 15) is 4.79 Å². The van der Waals surface area contributed by atoms with Crippen molar-refractivity contribution in [3.8, 4) is 6.07 Å². The Morgan fingerprint density at radius 2 is 2.36 bits per heavy atom. The van der Waals surface area contributed by atoms with Crippen molar-refractivity contribution >= 4 is 5.78 Å². The molecular weight excluding hydrogens is 138 g/mol. The van der Waals surface area contributed by atoms with Gasteiger partial charge in [0, 0.05) is 0 Å². The zero-order valence-electron chi connectivity index (χ0n) is 7.05. The van der Waals surface area contributed by atoms with E-state index in [1.165, 1.54) is 6.92 Å². The zero-order valence-corrected chi connectivity index (χ0v) is 7.05. The molecule has 0 saturated heterocycles. The molecule has 2 heteroatoms. The van der Waals surface area contributed by atoms with Crippen molar-refractivity contribution in [2.45, 2.75) is 26.7 Å². The van der Waals surface area contributed by atoms with Crippen LogP contribution < -0.4 is 0 Å². The van der Waals surface area contributed by atoms with E-state index in [-0.39, 0.29) is 5.78 Å². The third-order valence-corrected chi connectivity index (χ3v) is 1.87. The number of hydrogen-bond donors (Lipinski definition) is 0. The first kappa shape index (κ1) is 9.90. The third-order valence-electron chi connectivity index (χ3n) is 1.87. The highest BCUT2D eigenvalue weighted by Gasteiger charge is 2.28. The number of allylic oxidation sites excluding steroid dienone is 1. The Hall–Kier alpha value is -1.10. The van der Waals surface area contributed by atoms with Crippen LogP contribution in [0.25, 0.3) is 0 Å². The monoisotopic (exact) mass is 151 g/mol. The number of Topliss-reactive ketones (excluding diaryl/α,β-unsaturated/α-hetero) is 1. The van der Waals surface area contributed by atoms with Crippen LogP contribution in [-0.2, 0) is 4.79 Å². The maximum atomic E-state index is 10.9. The molecule has 0 spiro atoms. The Bertz CT molecular complexity index is 202. The van der Waals surface area contributed by atoms with Gasteiger partial charge in [-0.1, -0.05) is 6.08 Å². The van der Waals surface area contributed by atoms with Crippen molar-refractivity contribution in [2.24, 2.45) is 5.41 Å². The minimum absolute atomic E-state index is 0.0677. The Morgan fingerprint density at radius 1 is 1.82 bits per heavy atom. The number of carbonyl (C=O) groups is 1. The van der Waals surface area contributed by atoms with Crippen molar-refractivity contribution in [1.82, 2.24) is 0 Å². The standard InChI is InChI=1S/C9H13NO/c1-4-5-6-9(3,7-10)8(2)11/h4H,1,5-6H2,2-3H3. The van der Waals surface area contributed by atoms with Gasteiger partial charge in [0.1, 0.15) is 11.2 Å². The molecule has 0 N–H and O–H groups in total. The van der Waals surface area contributed by atoms with Gasteiger partial charge < -0.3 is 0 Å². The highest BCUT2D eigenvalue weighted by Crippen LogP contribution is 2.23. The van der Waals surface area contributed by atoms with Crippen molar-refractivity contribution in [3.63, 3.8) is 0 Å². The Morgan fingerprint density at radius 3 is 2.64 bits per heavy atom. The number of nitrogens with zero attached hydrogens (tertiary/aromatic N) is 1. The van der Waals surface area contributed by atoms with Crippen LogP contribution >= 0.6 is 0 Å². The number of rotatable bonds is 4. The average molecular weight is 151 g/mol. The van der Waals surface area contributed by atoms with Crippen LogP contribution in [0, 0.1) is 16.7 Å². The molecule has 0 bridgehead atoms. The molecule has 1 atom stereocenters. The average Bonchev–Trinajstić information content (AvgIpc) is 2.00. The lowest BCUT2D eigenvalue weighted by atomic mass is 9.83. The second kappa shape index (κ2) is 3.92. The zero-order chi connectivity index (χ0) is 8.91. The van der Waals surface area contributed by atoms with Gasteiger partial charge in [-0.05, 0) is 26.7 Å². The highest BCUT2D eigenvalue weighted by molar-refractivity contribution is 5.84. The Kier molecular flexibility index (Phi) is 3.53. The molecule has 60 valence electrons. The molecule has 0 radical (unpaired) electrons. The Labute approximate surface area is 67.5 Å². The van der Waals surface area contributed by atoms with Crippen LogP contribution in [0.4, 0.5) is 0 Å². The SMILES string of the molecule is C=CCCC(C)(C#N)C(C)=O. The topological polar surface area (TPSA) is 40.9 Å². The first-order valence-electron chi connectivity index (χ1n) is 3.60. The lowest BCUT2D eigenvalue weighted by Crippen LogP contribution is -2.22. The normalized spacial score (nSPS) is 14.6. The lowest BCUT2D eigenvalue weighted by molar-refractivity contribution is -0.123. The van der Waals surface area contributed by atoms with E-state index in [2.05, 4.69) is 6.58 Å². The first-order valence-corrected chi connectivity index (χ1v) is 3.60. The van der Waals surface area contributed by atoms with E-state index < -0.39 is 5.41 Å². The fourth-order valence-corrected chi connectivity index (χ4v) is 0.701. The van der Waals surface area contributed by atoms with Crippen LogP contribution in [0.3, 0.4) is 0 Å². The molecule has 0 amide bonds. The minimum atomic E-state index is -0.811. The van der Waals surface area contributed by atoms with E-state index in [1.54, 1.807) is 13.0 Å². The molecule has 1 unspecified atom stereocenters. The van der Waals surface area contributed by atoms with Gasteiger partial charge >= 0.3 is 0 Å². The predicted molar refractivity (Wildman–Crippen MR) is 43.8 cm³/mol. The summed E-state index contributed by atoms with van der Waals surface area (Å²) in [4.78, 5) is 10.9. The summed E-state index contributed by atoms with van der Waals surface area (Å²) in [6, 6.07) is 2.02. The van der Waals surface area contributed by atoms with E-state index in [0.29, 0.717) is 12.8 Å². The number of nitriles is 1. The summed E-state index contributed by atoms with van der Waals surface area (Å²) in [5, 5.41) is 8.68. The molecule has 0 aromatic carbocycles. The van der Waals surface area contributed by atoms with Crippen molar-refractivity contribution in [2.75, 3.05) is 0 Å². The maximum Gasteiger partial charge on any atom is 0.149 e. The number of carbonyl (C=O) groups excluding carboxylic acids is 1. The lowest BCUT2D eigenvalue weighted by Gasteiger charge is -2.15. The molecule has 0 aliphatic carbocycles. The molecule has 0 saturated carbocycles. The van der Waals surface area contributed by atoms with Gasteiger partial charge in [-0.25, -0.2) is 0 Å². The van der Waals surface area contributed by atoms with Crippen LogP contribution in [0.15, 0.2) is 12.7 Å². The molecule has 2 nitrogen and oxygen atoms in total. The van der Waals surface area contributed by atoms with Crippen molar-refractivity contribution in [1.29, 1.82) is 5.26 Å². The van der Waals surface area contributed by atoms with Gasteiger partial charge in [0.05, 0.1) is 6.07 Å². The van der Waals surface area contributed by atoms with Crippen LogP contribution in [0.2, 0.25) is 0 Å². The highest BCUT2D eigenvalue weighted by atomic mass is 16.1. The summed E-state index contributed by atoms with van der Waals surface area (Å²) in [6.07, 6.45) is 3.00. The summed E-state index contributed by atoms with van der Waals surface area (Å²) in [6.45, 7) is 6.65. The predicted octanol–water partition coefficient (Wildman–Crippen LogP) is 2.07. The molecular formula is C9H13NO. The Balaban J connectivity index is 4.25. The summed E-state index contributed by atoms with van der Waals surface area (Å²) < 4.78 is 0. The maximum absolute atomic E-state index is 10.9. The number of ketones is 1. The smallest absolute Gasteiger partial charge is 0.149 e. The van der Waals surface area contributed by atoms with Gasteiger partial charge in [-0.3, -0.25) is 4.79 Å². The summed E-state index contributed by atoms with van der Waals surface area (Å²) in [7, 11) is 0. The fraction of sp³-hybridized carbons (Fsp3) is 0.556. The third kappa shape index (κ3) is 2.55. The van der Waals surface area contributed by atoms with Gasteiger partial charge in [-0.15, -0.1) is 6.58 Å². The molecule has 0 fully saturated rings. The van der Waals surface area contributed by atoms with Gasteiger partial charge in [0.2, 0.25) is 0 Å². The minimum Gasteiger partial charge on any atom is -0.298 e. The van der Waals surface area contributed by atoms with Crippen molar-refractivity contribution < 1.29 is 4.79 Å². The molecule has 0 heterocycles. The quantitative estimate of drug-likeness (QED) is 0.577.